The second-order valence-electron chi connectivity index (χ2n) is 5.68. The topological polar surface area (TPSA) is 66.9 Å². The molecule has 0 radical (unpaired) electrons. The van der Waals surface area contributed by atoms with Crippen LogP contribution < -0.4 is 10.6 Å². The van der Waals surface area contributed by atoms with Gasteiger partial charge in [-0.05, 0) is 42.0 Å². The zero-order valence-electron chi connectivity index (χ0n) is 14.0. The molecule has 138 valence electrons. The summed E-state index contributed by atoms with van der Waals surface area (Å²) in [6, 6.07) is 11.5. The lowest BCUT2D eigenvalue weighted by atomic mass is 10.1. The van der Waals surface area contributed by atoms with Crippen LogP contribution in [-0.2, 0) is 12.7 Å². The van der Waals surface area contributed by atoms with Crippen molar-refractivity contribution in [3.8, 4) is 0 Å². The highest BCUT2D eigenvalue weighted by Gasteiger charge is 2.30. The molecule has 3 aromatic rings. The average molecular weight is 372 g/mol. The first kappa shape index (κ1) is 18.4. The minimum absolute atomic E-state index is 0.0174. The summed E-state index contributed by atoms with van der Waals surface area (Å²) >= 11 is 0. The summed E-state index contributed by atoms with van der Waals surface area (Å²) in [4.78, 5) is 20.4. The maximum Gasteiger partial charge on any atom is 0.416 e. The summed E-state index contributed by atoms with van der Waals surface area (Å²) in [5.74, 6) is 0.0405. The van der Waals surface area contributed by atoms with Crippen LogP contribution in [0.3, 0.4) is 0 Å². The molecule has 0 saturated heterocycles. The molecule has 0 spiro atoms. The third kappa shape index (κ3) is 5.04. The maximum absolute atomic E-state index is 12.7. The molecule has 1 aromatic carbocycles. The van der Waals surface area contributed by atoms with E-state index in [1.54, 1.807) is 30.6 Å². The lowest BCUT2D eigenvalue weighted by Gasteiger charge is -2.10. The standard InChI is InChI=1S/C19H15F3N4O/c20-19(21,22)15-4-1-3-13(9-15)11-25-18(27)14-6-8-24-17(10-14)26-16-5-2-7-23-12-16/h1-10,12H,11H2,(H,24,26)(H,25,27). The van der Waals surface area contributed by atoms with E-state index in [9.17, 15) is 18.0 Å². The number of nitrogens with one attached hydrogen (secondary N) is 2. The Balaban J connectivity index is 1.66. The van der Waals surface area contributed by atoms with Gasteiger partial charge in [0.1, 0.15) is 5.82 Å². The van der Waals surface area contributed by atoms with E-state index in [2.05, 4.69) is 20.6 Å². The lowest BCUT2D eigenvalue weighted by Crippen LogP contribution is -2.23. The SMILES string of the molecule is O=C(NCc1cccc(C(F)(F)F)c1)c1ccnc(Nc2cccnc2)c1. The van der Waals surface area contributed by atoms with Gasteiger partial charge in [-0.1, -0.05) is 12.1 Å². The summed E-state index contributed by atoms with van der Waals surface area (Å²) in [6.45, 7) is -0.0174. The number of nitrogens with zero attached hydrogens (tertiary/aromatic N) is 2. The van der Waals surface area contributed by atoms with Gasteiger partial charge in [-0.25, -0.2) is 4.98 Å². The van der Waals surface area contributed by atoms with Crippen molar-refractivity contribution < 1.29 is 18.0 Å². The number of rotatable bonds is 5. The number of halogens is 3. The van der Waals surface area contributed by atoms with E-state index in [4.69, 9.17) is 0 Å². The van der Waals surface area contributed by atoms with Gasteiger partial charge in [0.25, 0.3) is 5.91 Å². The average Bonchev–Trinajstić information content (AvgIpc) is 2.67. The molecule has 0 bridgehead atoms. The summed E-state index contributed by atoms with van der Waals surface area (Å²) in [5, 5.41) is 5.63. The predicted octanol–water partition coefficient (Wildman–Crippen LogP) is 4.17. The van der Waals surface area contributed by atoms with Gasteiger partial charge in [-0.15, -0.1) is 0 Å². The Hall–Kier alpha value is -3.42. The number of hydrogen-bond donors (Lipinski definition) is 2. The van der Waals surface area contributed by atoms with Crippen molar-refractivity contribution in [2.24, 2.45) is 0 Å². The highest BCUT2D eigenvalue weighted by atomic mass is 19.4. The third-order valence-corrected chi connectivity index (χ3v) is 3.66. The summed E-state index contributed by atoms with van der Waals surface area (Å²) in [6.07, 6.45) is 0.300. The molecule has 27 heavy (non-hydrogen) atoms. The molecule has 0 aliphatic carbocycles. The van der Waals surface area contributed by atoms with Crippen molar-refractivity contribution in [3.63, 3.8) is 0 Å². The molecule has 0 fully saturated rings. The number of amides is 1. The molecule has 2 heterocycles. The predicted molar refractivity (Wildman–Crippen MR) is 94.4 cm³/mol. The minimum atomic E-state index is -4.42. The fourth-order valence-electron chi connectivity index (χ4n) is 2.37. The lowest BCUT2D eigenvalue weighted by molar-refractivity contribution is -0.137. The number of carbonyl (C=O) groups is 1. The van der Waals surface area contributed by atoms with E-state index in [0.29, 0.717) is 22.6 Å². The Morgan fingerprint density at radius 1 is 1.04 bits per heavy atom. The van der Waals surface area contributed by atoms with Gasteiger partial charge >= 0.3 is 6.18 Å². The molecule has 0 atom stereocenters. The molecule has 3 rings (SSSR count). The Labute approximate surface area is 153 Å². The first-order chi connectivity index (χ1) is 12.9. The summed E-state index contributed by atoms with van der Waals surface area (Å²) in [5.41, 5.74) is 0.664. The van der Waals surface area contributed by atoms with Gasteiger partial charge in [-0.3, -0.25) is 9.78 Å². The number of pyridine rings is 2. The molecule has 0 unspecified atom stereocenters. The van der Waals surface area contributed by atoms with E-state index in [1.807, 2.05) is 0 Å². The van der Waals surface area contributed by atoms with Crippen molar-refractivity contribution in [2.45, 2.75) is 12.7 Å². The number of hydrogen-bond acceptors (Lipinski definition) is 4. The zero-order chi connectivity index (χ0) is 19.3. The van der Waals surface area contributed by atoms with Crippen LogP contribution >= 0.6 is 0 Å². The number of aromatic nitrogens is 2. The van der Waals surface area contributed by atoms with Crippen LogP contribution in [0.15, 0.2) is 67.1 Å². The van der Waals surface area contributed by atoms with E-state index >= 15 is 0 Å². The monoisotopic (exact) mass is 372 g/mol. The molecular weight excluding hydrogens is 357 g/mol. The van der Waals surface area contributed by atoms with Gasteiger partial charge in [0.2, 0.25) is 0 Å². The van der Waals surface area contributed by atoms with Crippen LogP contribution in [0.1, 0.15) is 21.5 Å². The number of carbonyl (C=O) groups excluding carboxylic acids is 1. The van der Waals surface area contributed by atoms with Gasteiger partial charge in [0, 0.05) is 24.5 Å². The van der Waals surface area contributed by atoms with E-state index in [-0.39, 0.29) is 6.54 Å². The van der Waals surface area contributed by atoms with Gasteiger partial charge in [0.05, 0.1) is 17.4 Å². The molecule has 0 aliphatic rings. The van der Waals surface area contributed by atoms with Crippen LogP contribution in [0.4, 0.5) is 24.7 Å². The molecule has 2 N–H and O–H groups in total. The summed E-state index contributed by atoms with van der Waals surface area (Å²) < 4.78 is 38.2. The second kappa shape index (κ2) is 7.86. The molecular formula is C19H15F3N4O. The van der Waals surface area contributed by atoms with Crippen molar-refractivity contribution >= 4 is 17.4 Å². The van der Waals surface area contributed by atoms with E-state index in [0.717, 1.165) is 12.1 Å². The van der Waals surface area contributed by atoms with Crippen LogP contribution in [0, 0.1) is 0 Å². The molecule has 8 heteroatoms. The highest BCUT2D eigenvalue weighted by molar-refractivity contribution is 5.94. The normalized spacial score (nSPS) is 11.1. The van der Waals surface area contributed by atoms with E-state index < -0.39 is 17.6 Å². The van der Waals surface area contributed by atoms with E-state index in [1.165, 1.54) is 24.4 Å². The van der Waals surface area contributed by atoms with Gasteiger partial charge in [-0.2, -0.15) is 13.2 Å². The Kier molecular flexibility index (Phi) is 5.35. The smallest absolute Gasteiger partial charge is 0.348 e. The first-order valence-corrected chi connectivity index (χ1v) is 7.99. The van der Waals surface area contributed by atoms with Crippen LogP contribution in [-0.4, -0.2) is 15.9 Å². The van der Waals surface area contributed by atoms with Crippen molar-refractivity contribution in [1.29, 1.82) is 0 Å². The summed E-state index contributed by atoms with van der Waals surface area (Å²) in [7, 11) is 0. The largest absolute Gasteiger partial charge is 0.416 e. The molecule has 0 saturated carbocycles. The number of alkyl halides is 3. The fraction of sp³-hybridized carbons (Fsp3) is 0.105. The first-order valence-electron chi connectivity index (χ1n) is 7.99. The van der Waals surface area contributed by atoms with Crippen molar-refractivity contribution in [3.05, 3.63) is 83.8 Å². The van der Waals surface area contributed by atoms with Crippen LogP contribution in [0.25, 0.3) is 0 Å². The Morgan fingerprint density at radius 3 is 2.63 bits per heavy atom. The third-order valence-electron chi connectivity index (χ3n) is 3.66. The second-order valence-corrected chi connectivity index (χ2v) is 5.68. The molecule has 2 aromatic heterocycles. The minimum Gasteiger partial charge on any atom is -0.348 e. The number of benzene rings is 1. The van der Waals surface area contributed by atoms with Crippen LogP contribution in [0.2, 0.25) is 0 Å². The van der Waals surface area contributed by atoms with Crippen LogP contribution in [0.5, 0.6) is 0 Å². The molecule has 0 aliphatic heterocycles. The quantitative estimate of drug-likeness (QED) is 0.706. The van der Waals surface area contributed by atoms with Gasteiger partial charge in [0.15, 0.2) is 0 Å². The van der Waals surface area contributed by atoms with Crippen molar-refractivity contribution in [1.82, 2.24) is 15.3 Å². The number of anilines is 2. The molecule has 5 nitrogen and oxygen atoms in total. The molecule has 1 amide bonds. The fourth-order valence-corrected chi connectivity index (χ4v) is 2.37. The Morgan fingerprint density at radius 2 is 1.89 bits per heavy atom. The highest BCUT2D eigenvalue weighted by Crippen LogP contribution is 2.29. The van der Waals surface area contributed by atoms with Gasteiger partial charge < -0.3 is 10.6 Å². The Bertz CT molecular complexity index is 929. The maximum atomic E-state index is 12.7. The zero-order valence-corrected chi connectivity index (χ0v) is 14.0. The van der Waals surface area contributed by atoms with Crippen molar-refractivity contribution in [2.75, 3.05) is 5.32 Å².